The number of hydrogen-bond acceptors (Lipinski definition) is 6. The van der Waals surface area contributed by atoms with Gasteiger partial charge in [-0.1, -0.05) is 12.1 Å². The van der Waals surface area contributed by atoms with E-state index >= 15 is 0 Å². The van der Waals surface area contributed by atoms with Crippen molar-refractivity contribution in [3.8, 4) is 5.75 Å². The van der Waals surface area contributed by atoms with Gasteiger partial charge in [0.15, 0.2) is 5.76 Å². The molecule has 0 amide bonds. The molecule has 28 heavy (non-hydrogen) atoms. The van der Waals surface area contributed by atoms with E-state index in [4.69, 9.17) is 14.2 Å². The minimum absolute atomic E-state index is 0.0789. The first-order chi connectivity index (χ1) is 13.7. The number of carboxylic acid groups (broad SMARTS) is 1. The summed E-state index contributed by atoms with van der Waals surface area (Å²) in [6, 6.07) is 7.61. The molecule has 3 aromatic rings. The molecule has 8 nitrogen and oxygen atoms in total. The number of fused-ring (bicyclic) bond motifs is 1. The van der Waals surface area contributed by atoms with Crippen LogP contribution in [0.5, 0.6) is 5.75 Å². The number of nitrogens with one attached hydrogen (secondary N) is 1. The number of aromatic amines is 1. The molecule has 1 fully saturated rings. The van der Waals surface area contributed by atoms with Gasteiger partial charge in [-0.3, -0.25) is 0 Å². The van der Waals surface area contributed by atoms with Gasteiger partial charge in [-0.15, -0.1) is 0 Å². The van der Waals surface area contributed by atoms with Crippen LogP contribution in [-0.4, -0.2) is 32.6 Å². The third-order valence-corrected chi connectivity index (χ3v) is 4.77. The zero-order valence-corrected chi connectivity index (χ0v) is 14.8. The second kappa shape index (κ2) is 6.56. The number of ether oxygens (including phenoxy) is 3. The molecule has 1 aromatic carbocycles. The van der Waals surface area contributed by atoms with E-state index in [0.717, 1.165) is 17.9 Å². The van der Waals surface area contributed by atoms with Gasteiger partial charge in [-0.25, -0.2) is 14.8 Å². The molecule has 0 bridgehead atoms. The van der Waals surface area contributed by atoms with Crippen LogP contribution in [0.3, 0.4) is 0 Å². The van der Waals surface area contributed by atoms with Gasteiger partial charge in [-0.05, 0) is 30.9 Å². The topological polar surface area (TPSA) is 107 Å². The van der Waals surface area contributed by atoms with Gasteiger partial charge in [-0.2, -0.15) is 0 Å². The molecule has 0 spiro atoms. The summed E-state index contributed by atoms with van der Waals surface area (Å²) in [4.78, 5) is 22.5. The molecular formula is C20H17N3O5. The molecule has 8 heteroatoms. The number of aromatic carboxylic acids is 1. The van der Waals surface area contributed by atoms with Crippen molar-refractivity contribution >= 4 is 22.8 Å². The molecular weight excluding hydrogens is 362 g/mol. The molecule has 142 valence electrons. The van der Waals surface area contributed by atoms with Crippen LogP contribution in [0.4, 0.5) is 0 Å². The van der Waals surface area contributed by atoms with Crippen molar-refractivity contribution in [1.29, 1.82) is 0 Å². The van der Waals surface area contributed by atoms with E-state index in [1.807, 2.05) is 24.3 Å². The van der Waals surface area contributed by atoms with Crippen molar-refractivity contribution in [1.82, 2.24) is 15.0 Å². The number of nitrogens with zero attached hydrogens (tertiary/aromatic N) is 2. The number of rotatable bonds is 6. The lowest BCUT2D eigenvalue weighted by molar-refractivity contribution is -0.0173. The summed E-state index contributed by atoms with van der Waals surface area (Å²) < 4.78 is 17.4. The van der Waals surface area contributed by atoms with Crippen LogP contribution in [0.25, 0.3) is 16.8 Å². The molecule has 0 radical (unpaired) electrons. The number of benzene rings is 1. The minimum atomic E-state index is -1.06. The molecule has 2 N–H and O–H groups in total. The van der Waals surface area contributed by atoms with Gasteiger partial charge in [0, 0.05) is 11.8 Å². The fraction of sp³-hybridized carbons (Fsp3) is 0.250. The summed E-state index contributed by atoms with van der Waals surface area (Å²) >= 11 is 0. The molecule has 2 aromatic heterocycles. The first-order valence-electron chi connectivity index (χ1n) is 9.00. The predicted octanol–water partition coefficient (Wildman–Crippen LogP) is 3.49. The van der Waals surface area contributed by atoms with E-state index in [1.54, 1.807) is 0 Å². The molecule has 1 aliphatic heterocycles. The maximum Gasteiger partial charge on any atom is 0.339 e. The second-order valence-electron chi connectivity index (χ2n) is 6.85. The molecule has 1 aliphatic carbocycles. The summed E-state index contributed by atoms with van der Waals surface area (Å²) in [7, 11) is 0. The monoisotopic (exact) mass is 379 g/mol. The van der Waals surface area contributed by atoms with Crippen molar-refractivity contribution in [3.63, 3.8) is 0 Å². The quantitative estimate of drug-likeness (QED) is 0.675. The predicted molar refractivity (Wildman–Crippen MR) is 98.4 cm³/mol. The Labute approximate surface area is 159 Å². The number of H-pyrrole nitrogens is 1. The van der Waals surface area contributed by atoms with E-state index in [1.165, 1.54) is 31.6 Å². The van der Waals surface area contributed by atoms with Gasteiger partial charge < -0.3 is 24.3 Å². The first kappa shape index (κ1) is 16.6. The van der Waals surface area contributed by atoms with Crippen LogP contribution in [0.1, 0.15) is 40.7 Å². The zero-order chi connectivity index (χ0) is 19.1. The fourth-order valence-electron chi connectivity index (χ4n) is 3.09. The standard InChI is InChI=1S/C20H17N3O5/c24-19(25)14-7-21-18-16(14)22-10-23-17(18)15-9-27-20(28-15)12-2-1-3-13(6-12)26-8-11-4-5-11/h1-3,6-7,9-11,20-21H,4-5,8H2,(H,24,25). The molecule has 0 saturated heterocycles. The van der Waals surface area contributed by atoms with Crippen LogP contribution < -0.4 is 4.74 Å². The maximum absolute atomic E-state index is 11.3. The number of carboxylic acids is 1. The number of aromatic nitrogens is 3. The molecule has 3 heterocycles. The third kappa shape index (κ3) is 3.02. The Morgan fingerprint density at radius 1 is 1.32 bits per heavy atom. The Bertz CT molecular complexity index is 1090. The molecule has 2 aliphatic rings. The van der Waals surface area contributed by atoms with Crippen LogP contribution in [0, 0.1) is 5.92 Å². The van der Waals surface area contributed by atoms with E-state index in [-0.39, 0.29) is 5.56 Å². The summed E-state index contributed by atoms with van der Waals surface area (Å²) in [5.41, 5.74) is 2.15. The third-order valence-electron chi connectivity index (χ3n) is 4.77. The van der Waals surface area contributed by atoms with Crippen LogP contribution in [0.2, 0.25) is 0 Å². The number of hydrogen-bond donors (Lipinski definition) is 2. The summed E-state index contributed by atoms with van der Waals surface area (Å²) in [6.07, 6.45) is 6.01. The molecule has 1 saturated carbocycles. The van der Waals surface area contributed by atoms with Crippen LogP contribution in [0.15, 0.2) is 43.1 Å². The number of carbonyl (C=O) groups is 1. The van der Waals surface area contributed by atoms with Crippen molar-refractivity contribution in [2.75, 3.05) is 6.61 Å². The van der Waals surface area contributed by atoms with Gasteiger partial charge in [0.25, 0.3) is 6.29 Å². The Kier molecular flexibility index (Phi) is 3.89. The maximum atomic E-state index is 11.3. The Balaban J connectivity index is 1.36. The Morgan fingerprint density at radius 2 is 2.21 bits per heavy atom. The van der Waals surface area contributed by atoms with Crippen LogP contribution in [-0.2, 0) is 9.47 Å². The van der Waals surface area contributed by atoms with Crippen molar-refractivity contribution in [2.24, 2.45) is 5.92 Å². The Morgan fingerprint density at radius 3 is 3.04 bits per heavy atom. The fourth-order valence-corrected chi connectivity index (χ4v) is 3.09. The molecule has 1 atom stereocenters. The normalized spacial score (nSPS) is 18.4. The van der Waals surface area contributed by atoms with E-state index in [2.05, 4.69) is 15.0 Å². The summed E-state index contributed by atoms with van der Waals surface area (Å²) in [5, 5.41) is 9.26. The highest BCUT2D eigenvalue weighted by molar-refractivity contribution is 6.03. The average Bonchev–Trinajstić information content (AvgIpc) is 3.23. The minimum Gasteiger partial charge on any atom is -0.493 e. The van der Waals surface area contributed by atoms with Gasteiger partial charge >= 0.3 is 5.97 Å². The van der Waals surface area contributed by atoms with Gasteiger partial charge in [0.2, 0.25) is 0 Å². The molecule has 5 rings (SSSR count). The zero-order valence-electron chi connectivity index (χ0n) is 14.8. The van der Waals surface area contributed by atoms with Crippen molar-refractivity contribution in [3.05, 3.63) is 59.9 Å². The van der Waals surface area contributed by atoms with Crippen molar-refractivity contribution < 1.29 is 24.1 Å². The smallest absolute Gasteiger partial charge is 0.339 e. The molecule has 1 unspecified atom stereocenters. The highest BCUT2D eigenvalue weighted by Crippen LogP contribution is 2.36. The lowest BCUT2D eigenvalue weighted by Gasteiger charge is -2.13. The highest BCUT2D eigenvalue weighted by atomic mass is 16.7. The van der Waals surface area contributed by atoms with Crippen LogP contribution >= 0.6 is 0 Å². The Hall–Kier alpha value is -3.55. The first-order valence-corrected chi connectivity index (χ1v) is 9.00. The summed E-state index contributed by atoms with van der Waals surface area (Å²) in [5.74, 6) is 0.798. The summed E-state index contributed by atoms with van der Waals surface area (Å²) in [6.45, 7) is 0.733. The SMILES string of the molecule is O=C(O)c1c[nH]c2c(C3=COC(c4cccc(OCC5CC5)c4)O3)ncnc12. The average molecular weight is 379 g/mol. The van der Waals surface area contributed by atoms with Gasteiger partial charge in [0.1, 0.15) is 35.1 Å². The lowest BCUT2D eigenvalue weighted by atomic mass is 10.2. The van der Waals surface area contributed by atoms with E-state index in [0.29, 0.717) is 28.4 Å². The lowest BCUT2D eigenvalue weighted by Crippen LogP contribution is -2.03. The van der Waals surface area contributed by atoms with Gasteiger partial charge in [0.05, 0.1) is 12.1 Å². The van der Waals surface area contributed by atoms with E-state index in [9.17, 15) is 9.90 Å². The van der Waals surface area contributed by atoms with Crippen molar-refractivity contribution in [2.45, 2.75) is 19.1 Å². The second-order valence-corrected chi connectivity index (χ2v) is 6.85. The highest BCUT2D eigenvalue weighted by Gasteiger charge is 2.27. The largest absolute Gasteiger partial charge is 0.493 e. The van der Waals surface area contributed by atoms with E-state index < -0.39 is 12.3 Å².